The fraction of sp³-hybridized carbons (Fsp3) is 0.375. The van der Waals surface area contributed by atoms with Crippen molar-refractivity contribution in [1.82, 2.24) is 10.1 Å². The Morgan fingerprint density at radius 2 is 1.94 bits per heavy atom. The van der Waals surface area contributed by atoms with Crippen LogP contribution in [0.3, 0.4) is 0 Å². The third-order valence-electron chi connectivity index (χ3n) is 5.76. The molecule has 1 aliphatic rings. The van der Waals surface area contributed by atoms with Gasteiger partial charge in [0.25, 0.3) is 0 Å². The van der Waals surface area contributed by atoms with Crippen LogP contribution in [0.2, 0.25) is 0 Å². The highest BCUT2D eigenvalue weighted by molar-refractivity contribution is 5.90. The number of aromatic nitrogens is 2. The minimum Gasteiger partial charge on any atom is -0.372 e. The molecule has 0 atom stereocenters. The van der Waals surface area contributed by atoms with Gasteiger partial charge in [-0.2, -0.15) is 4.98 Å². The number of nitrogens with one attached hydrogen (secondary N) is 1. The van der Waals surface area contributed by atoms with Gasteiger partial charge in [0.15, 0.2) is 0 Å². The fourth-order valence-corrected chi connectivity index (χ4v) is 3.68. The zero-order valence-corrected chi connectivity index (χ0v) is 17.9. The zero-order valence-electron chi connectivity index (χ0n) is 17.9. The van der Waals surface area contributed by atoms with Crippen LogP contribution in [0.25, 0.3) is 11.4 Å². The topological polar surface area (TPSA) is 71.3 Å². The molecular formula is C24H27FN4O2. The number of piperidine rings is 1. The summed E-state index contributed by atoms with van der Waals surface area (Å²) in [6.45, 7) is 6.16. The summed E-state index contributed by atoms with van der Waals surface area (Å²) in [5.74, 6) is 1.13. The number of amides is 1. The van der Waals surface area contributed by atoms with Crippen LogP contribution in [0.5, 0.6) is 0 Å². The highest BCUT2D eigenvalue weighted by Crippen LogP contribution is 2.25. The minimum atomic E-state index is -0.347. The molecule has 162 valence electrons. The first kappa shape index (κ1) is 21.0. The molecule has 3 aromatic rings. The number of rotatable bonds is 6. The van der Waals surface area contributed by atoms with Crippen molar-refractivity contribution < 1.29 is 13.7 Å². The predicted octanol–water partition coefficient (Wildman–Crippen LogP) is 4.99. The van der Waals surface area contributed by atoms with E-state index in [1.54, 1.807) is 19.1 Å². The number of carbonyl (C=O) groups excluding carboxylic acids is 1. The van der Waals surface area contributed by atoms with Gasteiger partial charge in [0.05, 0.1) is 0 Å². The number of halogens is 1. The van der Waals surface area contributed by atoms with E-state index in [9.17, 15) is 9.18 Å². The molecule has 0 bridgehead atoms. The van der Waals surface area contributed by atoms with Crippen LogP contribution < -0.4 is 10.2 Å². The van der Waals surface area contributed by atoms with Crippen molar-refractivity contribution in [3.05, 3.63) is 59.7 Å². The van der Waals surface area contributed by atoms with Crippen molar-refractivity contribution in [2.24, 2.45) is 5.92 Å². The van der Waals surface area contributed by atoms with Crippen LogP contribution >= 0.6 is 0 Å². The summed E-state index contributed by atoms with van der Waals surface area (Å²) in [5.41, 5.74) is 3.06. The summed E-state index contributed by atoms with van der Waals surface area (Å²) < 4.78 is 18.9. The first-order chi connectivity index (χ1) is 15.0. The van der Waals surface area contributed by atoms with Gasteiger partial charge in [0.2, 0.25) is 17.6 Å². The first-order valence-electron chi connectivity index (χ1n) is 10.7. The SMILES string of the molecule is Cc1ccc(NC(=O)CCc2nc(-c3ccc(N4CCC(C)CC4)cc3)no2)cc1F. The highest BCUT2D eigenvalue weighted by atomic mass is 19.1. The minimum absolute atomic E-state index is 0.170. The molecule has 1 fully saturated rings. The van der Waals surface area contributed by atoms with E-state index < -0.39 is 0 Å². The van der Waals surface area contributed by atoms with Gasteiger partial charge in [-0.1, -0.05) is 18.1 Å². The van der Waals surface area contributed by atoms with E-state index in [1.165, 1.54) is 24.6 Å². The van der Waals surface area contributed by atoms with E-state index in [0.29, 0.717) is 29.4 Å². The number of aryl methyl sites for hydroxylation is 2. The Kier molecular flexibility index (Phi) is 6.30. The lowest BCUT2D eigenvalue weighted by molar-refractivity contribution is -0.116. The largest absolute Gasteiger partial charge is 0.372 e. The van der Waals surface area contributed by atoms with Crippen molar-refractivity contribution in [1.29, 1.82) is 0 Å². The van der Waals surface area contributed by atoms with Crippen molar-refractivity contribution >= 4 is 17.3 Å². The van der Waals surface area contributed by atoms with Gasteiger partial charge in [-0.3, -0.25) is 4.79 Å². The van der Waals surface area contributed by atoms with Crippen molar-refractivity contribution in [3.63, 3.8) is 0 Å². The van der Waals surface area contributed by atoms with Gasteiger partial charge in [-0.25, -0.2) is 4.39 Å². The quantitative estimate of drug-likeness (QED) is 0.606. The molecule has 0 spiro atoms. The normalized spacial score (nSPS) is 14.6. The number of hydrogen-bond donors (Lipinski definition) is 1. The molecule has 2 aromatic carbocycles. The maximum absolute atomic E-state index is 13.6. The van der Waals surface area contributed by atoms with Gasteiger partial charge in [0.1, 0.15) is 5.82 Å². The fourth-order valence-electron chi connectivity index (χ4n) is 3.68. The Hall–Kier alpha value is -3.22. The van der Waals surface area contributed by atoms with Crippen LogP contribution in [0.1, 0.15) is 37.6 Å². The summed E-state index contributed by atoms with van der Waals surface area (Å²) in [7, 11) is 0. The van der Waals surface area contributed by atoms with Crippen molar-refractivity contribution in [2.45, 2.75) is 39.5 Å². The van der Waals surface area contributed by atoms with E-state index in [2.05, 4.69) is 39.4 Å². The standard InChI is InChI=1S/C24H27FN4O2/c1-16-11-13-29(14-12-16)20-7-4-18(5-8-20)24-27-23(31-28-24)10-9-22(30)26-19-6-3-17(2)21(25)15-19/h3-8,15-16H,9-14H2,1-2H3,(H,26,30). The molecule has 0 aliphatic carbocycles. The molecule has 1 aliphatic heterocycles. The molecule has 0 saturated carbocycles. The van der Waals surface area contributed by atoms with E-state index in [1.807, 2.05) is 12.1 Å². The molecule has 2 heterocycles. The van der Waals surface area contributed by atoms with Crippen LogP contribution in [0.4, 0.5) is 15.8 Å². The van der Waals surface area contributed by atoms with Crippen LogP contribution in [-0.2, 0) is 11.2 Å². The first-order valence-corrected chi connectivity index (χ1v) is 10.7. The van der Waals surface area contributed by atoms with Crippen molar-refractivity contribution in [3.8, 4) is 11.4 Å². The Morgan fingerprint density at radius 1 is 1.19 bits per heavy atom. The van der Waals surface area contributed by atoms with Gasteiger partial charge in [-0.15, -0.1) is 0 Å². The zero-order chi connectivity index (χ0) is 21.8. The molecule has 1 amide bonds. The molecule has 1 saturated heterocycles. The lowest BCUT2D eigenvalue weighted by Crippen LogP contribution is -2.32. The Bertz CT molecular complexity index is 1040. The number of hydrogen-bond acceptors (Lipinski definition) is 5. The highest BCUT2D eigenvalue weighted by Gasteiger charge is 2.17. The van der Waals surface area contributed by atoms with Gasteiger partial charge >= 0.3 is 0 Å². The van der Waals surface area contributed by atoms with Crippen LogP contribution in [0.15, 0.2) is 47.0 Å². The summed E-state index contributed by atoms with van der Waals surface area (Å²) in [5, 5.41) is 6.73. The monoisotopic (exact) mass is 422 g/mol. The summed E-state index contributed by atoms with van der Waals surface area (Å²) in [4.78, 5) is 19.0. The van der Waals surface area contributed by atoms with E-state index in [0.717, 1.165) is 24.6 Å². The average molecular weight is 423 g/mol. The lowest BCUT2D eigenvalue weighted by Gasteiger charge is -2.32. The van der Waals surface area contributed by atoms with E-state index in [-0.39, 0.29) is 18.1 Å². The molecule has 1 aromatic heterocycles. The van der Waals surface area contributed by atoms with E-state index >= 15 is 0 Å². The number of benzene rings is 2. The lowest BCUT2D eigenvalue weighted by atomic mass is 9.98. The molecule has 0 unspecified atom stereocenters. The van der Waals surface area contributed by atoms with Gasteiger partial charge in [0, 0.05) is 42.9 Å². The van der Waals surface area contributed by atoms with Crippen molar-refractivity contribution in [2.75, 3.05) is 23.3 Å². The second kappa shape index (κ2) is 9.29. The Morgan fingerprint density at radius 3 is 2.65 bits per heavy atom. The Balaban J connectivity index is 1.31. The number of anilines is 2. The predicted molar refractivity (Wildman–Crippen MR) is 118 cm³/mol. The third kappa shape index (κ3) is 5.29. The summed E-state index contributed by atoms with van der Waals surface area (Å²) in [6, 6.07) is 12.8. The molecule has 1 N–H and O–H groups in total. The molecule has 6 nitrogen and oxygen atoms in total. The van der Waals surface area contributed by atoms with E-state index in [4.69, 9.17) is 4.52 Å². The molecule has 4 rings (SSSR count). The molecule has 0 radical (unpaired) electrons. The molecular weight excluding hydrogens is 395 g/mol. The maximum Gasteiger partial charge on any atom is 0.227 e. The second-order valence-corrected chi connectivity index (χ2v) is 8.24. The molecule has 31 heavy (non-hydrogen) atoms. The third-order valence-corrected chi connectivity index (χ3v) is 5.76. The smallest absolute Gasteiger partial charge is 0.227 e. The van der Waals surface area contributed by atoms with Crippen LogP contribution in [0, 0.1) is 18.7 Å². The number of nitrogens with zero attached hydrogens (tertiary/aromatic N) is 3. The van der Waals surface area contributed by atoms with Crippen LogP contribution in [-0.4, -0.2) is 29.1 Å². The molecule has 7 heteroatoms. The summed E-state index contributed by atoms with van der Waals surface area (Å²) >= 11 is 0. The van der Waals surface area contributed by atoms with Gasteiger partial charge in [-0.05, 0) is 67.6 Å². The Labute approximate surface area is 181 Å². The maximum atomic E-state index is 13.6. The summed E-state index contributed by atoms with van der Waals surface area (Å²) in [6.07, 6.45) is 2.94. The average Bonchev–Trinajstić information content (AvgIpc) is 3.25. The van der Waals surface area contributed by atoms with Gasteiger partial charge < -0.3 is 14.7 Å². The second-order valence-electron chi connectivity index (χ2n) is 8.24. The number of carbonyl (C=O) groups is 1.